The number of pyridine rings is 1. The second-order valence-corrected chi connectivity index (χ2v) is 5.26. The zero-order chi connectivity index (χ0) is 15.0. The maximum Gasteiger partial charge on any atom is 0.225 e. The van der Waals surface area contributed by atoms with Crippen LogP contribution in [0.2, 0.25) is 10.4 Å². The first-order chi connectivity index (χ1) is 10.1. The Bertz CT molecular complexity index is 688. The second kappa shape index (κ2) is 5.84. The Morgan fingerprint density at radius 3 is 3.00 bits per heavy atom. The molecule has 1 N–H and O–H groups in total. The van der Waals surface area contributed by atoms with E-state index in [1.165, 1.54) is 6.20 Å². The van der Waals surface area contributed by atoms with Crippen LogP contribution < -0.4 is 4.90 Å². The highest BCUT2D eigenvalue weighted by molar-refractivity contribution is 6.30. The molecule has 6 nitrogen and oxygen atoms in total. The largest absolute Gasteiger partial charge is 0.394 e. The topological polar surface area (TPSA) is 71.4 Å². The average Bonchev–Trinajstić information content (AvgIpc) is 2.51. The van der Waals surface area contributed by atoms with Gasteiger partial charge in [-0.05, 0) is 11.6 Å². The fraction of sp³-hybridized carbons (Fsp3) is 0.417. The summed E-state index contributed by atoms with van der Waals surface area (Å²) >= 11 is 11.5. The van der Waals surface area contributed by atoms with Crippen molar-refractivity contribution in [3.63, 3.8) is 0 Å². The van der Waals surface area contributed by atoms with Crippen molar-refractivity contribution in [3.8, 4) is 0 Å². The van der Waals surface area contributed by atoms with Crippen LogP contribution in [0.15, 0.2) is 6.20 Å². The number of morpholine rings is 1. The molecule has 1 aliphatic rings. The summed E-state index contributed by atoms with van der Waals surface area (Å²) in [4.78, 5) is 13.7. The molecule has 0 spiro atoms. The van der Waals surface area contributed by atoms with Gasteiger partial charge in [-0.2, -0.15) is 4.98 Å². The molecule has 2 aromatic rings. The van der Waals surface area contributed by atoms with Crippen molar-refractivity contribution in [2.75, 3.05) is 31.2 Å². The molecular weight excluding hydrogens is 322 g/mol. The van der Waals surface area contributed by atoms with E-state index < -0.39 is 5.82 Å². The Morgan fingerprint density at radius 2 is 2.24 bits per heavy atom. The van der Waals surface area contributed by atoms with Gasteiger partial charge in [0.25, 0.3) is 0 Å². The van der Waals surface area contributed by atoms with Gasteiger partial charge in [0, 0.05) is 19.3 Å². The minimum Gasteiger partial charge on any atom is -0.394 e. The average molecular weight is 333 g/mol. The quantitative estimate of drug-likeness (QED) is 0.666. The van der Waals surface area contributed by atoms with Crippen molar-refractivity contribution in [2.24, 2.45) is 0 Å². The molecule has 3 rings (SSSR count). The van der Waals surface area contributed by atoms with E-state index in [1.54, 1.807) is 0 Å². The van der Waals surface area contributed by atoms with Crippen LogP contribution in [0.5, 0.6) is 0 Å². The Balaban J connectivity index is 2.11. The molecule has 2 aromatic heterocycles. The highest BCUT2D eigenvalue weighted by Crippen LogP contribution is 2.29. The van der Waals surface area contributed by atoms with Crippen LogP contribution in [0.3, 0.4) is 0 Å². The molecule has 0 aromatic carbocycles. The van der Waals surface area contributed by atoms with E-state index in [9.17, 15) is 9.50 Å². The first-order valence-corrected chi connectivity index (χ1v) is 7.00. The number of hydrogen-bond donors (Lipinski definition) is 1. The number of anilines is 1. The lowest BCUT2D eigenvalue weighted by atomic mass is 10.2. The zero-order valence-electron chi connectivity index (χ0n) is 10.8. The van der Waals surface area contributed by atoms with Crippen LogP contribution in [0, 0.1) is 5.82 Å². The van der Waals surface area contributed by atoms with Gasteiger partial charge in [0.15, 0.2) is 11.0 Å². The number of ether oxygens (including phenoxy) is 1. The molecule has 0 saturated carbocycles. The molecule has 0 amide bonds. The molecule has 0 aliphatic carbocycles. The monoisotopic (exact) mass is 332 g/mol. The third kappa shape index (κ3) is 2.74. The van der Waals surface area contributed by atoms with Crippen molar-refractivity contribution in [1.29, 1.82) is 0 Å². The zero-order valence-corrected chi connectivity index (χ0v) is 12.3. The first-order valence-electron chi connectivity index (χ1n) is 6.25. The summed E-state index contributed by atoms with van der Waals surface area (Å²) in [7, 11) is 0. The van der Waals surface area contributed by atoms with Crippen LogP contribution >= 0.6 is 23.2 Å². The van der Waals surface area contributed by atoms with Gasteiger partial charge >= 0.3 is 0 Å². The predicted molar refractivity (Wildman–Crippen MR) is 76.3 cm³/mol. The van der Waals surface area contributed by atoms with Gasteiger partial charge in [-0.15, -0.1) is 0 Å². The van der Waals surface area contributed by atoms with E-state index in [1.807, 2.05) is 4.90 Å². The molecule has 3 heterocycles. The minimum atomic E-state index is -0.730. The van der Waals surface area contributed by atoms with Gasteiger partial charge in [0.2, 0.25) is 5.28 Å². The fourth-order valence-electron chi connectivity index (χ4n) is 2.26. The van der Waals surface area contributed by atoms with Crippen LogP contribution in [0.4, 0.5) is 10.2 Å². The van der Waals surface area contributed by atoms with Gasteiger partial charge in [-0.1, -0.05) is 11.6 Å². The maximum absolute atomic E-state index is 14.0. The summed E-state index contributed by atoms with van der Waals surface area (Å²) in [6, 6.07) is 0. The number of hydrogen-bond acceptors (Lipinski definition) is 6. The molecule has 1 unspecified atom stereocenters. The molecule has 112 valence electrons. The SMILES string of the molecule is OCC1CN(c2nc(Cl)nc3c(F)c(Cl)ncc23)CCO1. The van der Waals surface area contributed by atoms with Gasteiger partial charge in [0.05, 0.1) is 24.7 Å². The minimum absolute atomic E-state index is 0.0250. The maximum atomic E-state index is 14.0. The second-order valence-electron chi connectivity index (χ2n) is 4.56. The third-order valence-corrected chi connectivity index (χ3v) is 3.67. The van der Waals surface area contributed by atoms with Crippen LogP contribution in [-0.2, 0) is 4.74 Å². The predicted octanol–water partition coefficient (Wildman–Crippen LogP) is 1.67. The van der Waals surface area contributed by atoms with Gasteiger partial charge in [-0.3, -0.25) is 0 Å². The van der Waals surface area contributed by atoms with Crippen molar-refractivity contribution >= 4 is 39.9 Å². The number of halogens is 3. The lowest BCUT2D eigenvalue weighted by Crippen LogP contribution is -2.44. The summed E-state index contributed by atoms with van der Waals surface area (Å²) in [6.07, 6.45) is 1.09. The summed E-state index contributed by atoms with van der Waals surface area (Å²) in [6.45, 7) is 1.29. The molecule has 0 bridgehead atoms. The molecule has 0 radical (unpaired) electrons. The number of aromatic nitrogens is 3. The lowest BCUT2D eigenvalue weighted by Gasteiger charge is -2.33. The molecule has 1 aliphatic heterocycles. The van der Waals surface area contributed by atoms with Crippen LogP contribution in [-0.4, -0.2) is 52.5 Å². The Morgan fingerprint density at radius 1 is 1.43 bits per heavy atom. The number of aliphatic hydroxyl groups excluding tert-OH is 1. The third-order valence-electron chi connectivity index (χ3n) is 3.24. The first kappa shape index (κ1) is 14.6. The summed E-state index contributed by atoms with van der Waals surface area (Å²) in [5.41, 5.74) is 0.0250. The number of aliphatic hydroxyl groups is 1. The Labute approximate surface area is 129 Å². The van der Waals surface area contributed by atoms with E-state index in [-0.39, 0.29) is 28.7 Å². The standard InChI is InChI=1S/C12H11Cl2FN4O2/c13-10-8(15)9-7(3-16-10)11(18-12(14)17-9)19-1-2-21-6(4-19)5-20/h3,6,20H,1-2,4-5H2. The fourth-order valence-corrected chi connectivity index (χ4v) is 2.56. The molecule has 1 fully saturated rings. The van der Waals surface area contributed by atoms with Crippen molar-refractivity contribution in [3.05, 3.63) is 22.5 Å². The van der Waals surface area contributed by atoms with Gasteiger partial charge in [0.1, 0.15) is 11.3 Å². The van der Waals surface area contributed by atoms with E-state index in [0.29, 0.717) is 30.9 Å². The molecule has 9 heteroatoms. The highest BCUT2D eigenvalue weighted by atomic mass is 35.5. The highest BCUT2D eigenvalue weighted by Gasteiger charge is 2.24. The van der Waals surface area contributed by atoms with E-state index >= 15 is 0 Å². The van der Waals surface area contributed by atoms with E-state index in [4.69, 9.17) is 27.9 Å². The van der Waals surface area contributed by atoms with Gasteiger partial charge < -0.3 is 14.7 Å². The normalized spacial score (nSPS) is 19.2. The van der Waals surface area contributed by atoms with E-state index in [2.05, 4.69) is 15.0 Å². The summed E-state index contributed by atoms with van der Waals surface area (Å²) < 4.78 is 19.4. The number of fused-ring (bicyclic) bond motifs is 1. The molecule has 1 saturated heterocycles. The molecule has 21 heavy (non-hydrogen) atoms. The van der Waals surface area contributed by atoms with Crippen molar-refractivity contribution < 1.29 is 14.2 Å². The Hall–Kier alpha value is -1.28. The van der Waals surface area contributed by atoms with E-state index in [0.717, 1.165) is 0 Å². The van der Waals surface area contributed by atoms with Crippen molar-refractivity contribution in [1.82, 2.24) is 15.0 Å². The summed E-state index contributed by atoms with van der Waals surface area (Å²) in [5.74, 6) is -0.276. The van der Waals surface area contributed by atoms with Gasteiger partial charge in [-0.25, -0.2) is 14.4 Å². The molecular formula is C12H11Cl2FN4O2. The lowest BCUT2D eigenvalue weighted by molar-refractivity contribution is 0.00343. The smallest absolute Gasteiger partial charge is 0.225 e. The Kier molecular flexibility index (Phi) is 4.08. The van der Waals surface area contributed by atoms with Crippen LogP contribution in [0.1, 0.15) is 0 Å². The van der Waals surface area contributed by atoms with Crippen molar-refractivity contribution in [2.45, 2.75) is 6.10 Å². The van der Waals surface area contributed by atoms with Crippen LogP contribution in [0.25, 0.3) is 10.9 Å². The number of nitrogens with zero attached hydrogens (tertiary/aromatic N) is 4. The number of rotatable bonds is 2. The summed E-state index contributed by atoms with van der Waals surface area (Å²) in [5, 5.41) is 9.28. The molecule has 1 atom stereocenters.